The molecule has 6 N–H and O–H groups in total. The van der Waals surface area contributed by atoms with Crippen LogP contribution >= 0.6 is 15.9 Å². The van der Waals surface area contributed by atoms with Gasteiger partial charge in [-0.3, -0.25) is 9.59 Å². The first-order valence-corrected chi connectivity index (χ1v) is 16.8. The number of nitrogens with one attached hydrogen (secondary N) is 3. The number of nitrogens with two attached hydrogens (primary N) is 1. The number of amides is 2. The third kappa shape index (κ3) is 11.2. The first kappa shape index (κ1) is 36.1. The van der Waals surface area contributed by atoms with Gasteiger partial charge in [0.2, 0.25) is 15.9 Å². The van der Waals surface area contributed by atoms with Crippen molar-refractivity contribution in [3.8, 4) is 0 Å². The van der Waals surface area contributed by atoms with Crippen LogP contribution in [0.2, 0.25) is 0 Å². The molecule has 0 saturated carbocycles. The third-order valence-electron chi connectivity index (χ3n) is 7.00. The van der Waals surface area contributed by atoms with Gasteiger partial charge in [0.15, 0.2) is 0 Å². The van der Waals surface area contributed by atoms with Crippen molar-refractivity contribution in [1.29, 1.82) is 5.41 Å². The Morgan fingerprint density at radius 1 is 1.23 bits per heavy atom. The van der Waals surface area contributed by atoms with Crippen LogP contribution < -0.4 is 16.4 Å². The van der Waals surface area contributed by atoms with Crippen molar-refractivity contribution in [2.45, 2.75) is 75.8 Å². The Hall–Kier alpha value is -3.06. The van der Waals surface area contributed by atoms with E-state index in [-0.39, 0.29) is 24.0 Å². The van der Waals surface area contributed by atoms with Gasteiger partial charge in [-0.15, -0.1) is 0 Å². The smallest absolute Gasteiger partial charge is 0.251 e. The van der Waals surface area contributed by atoms with Crippen LogP contribution in [-0.2, 0) is 19.6 Å². The Morgan fingerprint density at radius 3 is 2.56 bits per heavy atom. The van der Waals surface area contributed by atoms with Crippen LogP contribution in [0.25, 0.3) is 0 Å². The topological polar surface area (TPSA) is 166 Å². The van der Waals surface area contributed by atoms with Crippen LogP contribution in [0.3, 0.4) is 0 Å². The highest BCUT2D eigenvalue weighted by molar-refractivity contribution is 9.11. The van der Waals surface area contributed by atoms with E-state index in [9.17, 15) is 23.1 Å². The summed E-state index contributed by atoms with van der Waals surface area (Å²) in [7, 11) is -3.83. The maximum absolute atomic E-state index is 13.3. The highest BCUT2D eigenvalue weighted by Gasteiger charge is 2.30. The summed E-state index contributed by atoms with van der Waals surface area (Å²) in [4.78, 5) is 26.3. The van der Waals surface area contributed by atoms with Gasteiger partial charge >= 0.3 is 0 Å². The zero-order valence-corrected chi connectivity index (χ0v) is 27.3. The highest BCUT2D eigenvalue weighted by atomic mass is 79.9. The summed E-state index contributed by atoms with van der Waals surface area (Å²) in [5.41, 5.74) is 7.46. The van der Waals surface area contributed by atoms with E-state index in [1.54, 1.807) is 13.0 Å². The molecular formula is C31H44BrN5O5S. The fraction of sp³-hybridized carbons (Fsp3) is 0.452. The van der Waals surface area contributed by atoms with E-state index in [0.717, 1.165) is 29.1 Å². The molecular weight excluding hydrogens is 634 g/mol. The van der Waals surface area contributed by atoms with E-state index in [4.69, 9.17) is 11.1 Å². The van der Waals surface area contributed by atoms with E-state index in [2.05, 4.69) is 26.6 Å². The van der Waals surface area contributed by atoms with Crippen molar-refractivity contribution in [1.82, 2.24) is 14.9 Å². The fourth-order valence-corrected chi connectivity index (χ4v) is 6.91. The quantitative estimate of drug-likeness (QED) is 0.0510. The van der Waals surface area contributed by atoms with Crippen LogP contribution in [0.1, 0.15) is 58.8 Å². The lowest BCUT2D eigenvalue weighted by atomic mass is 9.99. The van der Waals surface area contributed by atoms with Crippen molar-refractivity contribution in [3.05, 3.63) is 70.3 Å². The van der Waals surface area contributed by atoms with Crippen LogP contribution in [0.15, 0.2) is 75.2 Å². The second-order valence-corrected chi connectivity index (χ2v) is 13.0. The summed E-state index contributed by atoms with van der Waals surface area (Å²) in [5.74, 6) is -0.745. The number of benzene rings is 1. The molecule has 2 atom stereocenters. The SMILES string of the molecule is C/C=C(/C=C\C=N)C(=O)NC(CC1=C(Br)CCC=C1)C(=O)NCCCC[C@@H](CO)N(CCC)S(=O)(=O)c1ccc(N)cc1. The van der Waals surface area contributed by atoms with Gasteiger partial charge in [0, 0.05) is 43.0 Å². The molecule has 0 aromatic heterocycles. The second-order valence-electron chi connectivity index (χ2n) is 10.2. The zero-order chi connectivity index (χ0) is 31.8. The normalized spacial score (nSPS) is 15.5. The van der Waals surface area contributed by atoms with Crippen molar-refractivity contribution in [2.75, 3.05) is 25.4 Å². The molecule has 0 radical (unpaired) electrons. The lowest BCUT2D eigenvalue weighted by molar-refractivity contribution is -0.127. The van der Waals surface area contributed by atoms with Gasteiger partial charge in [0.25, 0.3) is 5.91 Å². The predicted molar refractivity (Wildman–Crippen MR) is 175 cm³/mol. The third-order valence-corrected chi connectivity index (χ3v) is 9.87. The first-order valence-electron chi connectivity index (χ1n) is 14.5. The summed E-state index contributed by atoms with van der Waals surface area (Å²) < 4.78 is 29.0. The lowest BCUT2D eigenvalue weighted by Crippen LogP contribution is -2.47. The maximum atomic E-state index is 13.3. The predicted octanol–water partition coefficient (Wildman–Crippen LogP) is 4.34. The Balaban J connectivity index is 2.04. The van der Waals surface area contributed by atoms with Gasteiger partial charge < -0.3 is 26.9 Å². The highest BCUT2D eigenvalue weighted by Crippen LogP contribution is 2.27. The zero-order valence-electron chi connectivity index (χ0n) is 24.9. The number of hydrogen-bond acceptors (Lipinski definition) is 7. The first-order chi connectivity index (χ1) is 20.6. The summed E-state index contributed by atoms with van der Waals surface area (Å²) in [6.07, 6.45) is 13.8. The van der Waals surface area contributed by atoms with Gasteiger partial charge in [0.1, 0.15) is 6.04 Å². The molecule has 12 heteroatoms. The molecule has 10 nitrogen and oxygen atoms in total. The maximum Gasteiger partial charge on any atom is 0.251 e. The van der Waals surface area contributed by atoms with E-state index in [0.29, 0.717) is 49.9 Å². The number of anilines is 1. The Labute approximate surface area is 263 Å². The molecule has 43 heavy (non-hydrogen) atoms. The molecule has 0 bridgehead atoms. The van der Waals surface area contributed by atoms with E-state index in [1.165, 1.54) is 40.7 Å². The molecule has 0 aliphatic heterocycles. The number of nitrogen functional groups attached to an aromatic ring is 1. The summed E-state index contributed by atoms with van der Waals surface area (Å²) in [6, 6.07) is 4.57. The van der Waals surface area contributed by atoms with E-state index < -0.39 is 28.0 Å². The lowest BCUT2D eigenvalue weighted by Gasteiger charge is -2.29. The number of sulfonamides is 1. The molecule has 0 heterocycles. The summed E-state index contributed by atoms with van der Waals surface area (Å²) in [6.45, 7) is 3.85. The van der Waals surface area contributed by atoms with Crippen LogP contribution in [0, 0.1) is 5.41 Å². The number of unbranched alkanes of at least 4 members (excludes halogenated alkanes) is 1. The van der Waals surface area contributed by atoms with Gasteiger partial charge in [0.05, 0.1) is 11.5 Å². The Morgan fingerprint density at radius 2 is 1.95 bits per heavy atom. The van der Waals surface area contributed by atoms with Crippen LogP contribution in [0.4, 0.5) is 5.69 Å². The number of aliphatic hydroxyl groups is 1. The van der Waals surface area contributed by atoms with Gasteiger partial charge in [-0.25, -0.2) is 8.42 Å². The largest absolute Gasteiger partial charge is 0.399 e. The number of hydrogen-bond donors (Lipinski definition) is 5. The number of allylic oxidation sites excluding steroid dienone is 5. The molecule has 2 rings (SSSR count). The minimum Gasteiger partial charge on any atom is -0.399 e. The number of carbonyl (C=O) groups excluding carboxylic acids is 2. The van der Waals surface area contributed by atoms with Crippen LogP contribution in [0.5, 0.6) is 0 Å². The minimum atomic E-state index is -3.83. The fourth-order valence-electron chi connectivity index (χ4n) is 4.65. The van der Waals surface area contributed by atoms with Crippen molar-refractivity contribution < 1.29 is 23.1 Å². The Kier molecular flexibility index (Phi) is 15.6. The second kappa shape index (κ2) is 18.6. The summed E-state index contributed by atoms with van der Waals surface area (Å²) >= 11 is 3.59. The molecule has 0 saturated heterocycles. The van der Waals surface area contributed by atoms with E-state index >= 15 is 0 Å². The minimum absolute atomic E-state index is 0.123. The monoisotopic (exact) mass is 677 g/mol. The van der Waals surface area contributed by atoms with Gasteiger partial charge in [-0.2, -0.15) is 4.31 Å². The number of aliphatic hydroxyl groups excluding tert-OH is 1. The van der Waals surface area contributed by atoms with Gasteiger partial charge in [-0.05, 0) is 85.5 Å². The number of nitrogens with zero attached hydrogens (tertiary/aromatic N) is 1. The molecule has 1 aromatic carbocycles. The van der Waals surface area contributed by atoms with Crippen LogP contribution in [-0.4, -0.2) is 67.6 Å². The number of halogens is 1. The van der Waals surface area contributed by atoms with Crippen molar-refractivity contribution >= 4 is 49.7 Å². The molecule has 0 spiro atoms. The average molecular weight is 679 g/mol. The molecule has 2 amide bonds. The van der Waals surface area contributed by atoms with E-state index in [1.807, 2.05) is 19.1 Å². The molecule has 1 unspecified atom stereocenters. The average Bonchev–Trinajstić information content (AvgIpc) is 2.99. The Bertz CT molecular complexity index is 1320. The van der Waals surface area contributed by atoms with Crippen molar-refractivity contribution in [2.24, 2.45) is 0 Å². The molecule has 1 aromatic rings. The van der Waals surface area contributed by atoms with Crippen molar-refractivity contribution in [3.63, 3.8) is 0 Å². The molecule has 1 aliphatic carbocycles. The number of rotatable bonds is 18. The standard InChI is InChI=1S/C31H44BrN5O5S/c1-3-20-37(43(41,42)27-16-14-25(34)15-17-27)26(22-38)12-7-8-19-35-31(40)29(21-24-10-5-6-13-28(24)32)36-30(39)23(4-2)11-9-18-33/h4-5,9-11,14-18,26,29,33,38H,3,6-8,12-13,19-22,34H2,1-2H3,(H,35,40)(H,36,39)/b11-9-,23-4-,33-18?/t26-,29?/m0/s1. The number of carbonyl (C=O) groups is 2. The van der Waals surface area contributed by atoms with Gasteiger partial charge in [-0.1, -0.05) is 47.5 Å². The molecule has 0 fully saturated rings. The molecule has 1 aliphatic rings. The summed E-state index contributed by atoms with van der Waals surface area (Å²) in [5, 5.41) is 23.0. The molecule has 236 valence electrons.